The molecule has 2 amide bonds. The minimum Gasteiger partial charge on any atom is -0.733 e. The molecule has 2 N–H and O–H groups in total. The van der Waals surface area contributed by atoms with Gasteiger partial charge in [-0.05, 0) is 68.2 Å². The highest BCUT2D eigenvalue weighted by Gasteiger charge is 2.48. The van der Waals surface area contributed by atoms with E-state index >= 15 is 0 Å². The van der Waals surface area contributed by atoms with E-state index in [0.29, 0.717) is 18.5 Å². The molecule has 0 saturated carbocycles. The molecular formula is C31H40N5O4-. The Bertz CT molecular complexity index is 1330. The van der Waals surface area contributed by atoms with Crippen LogP contribution in [0.2, 0.25) is 0 Å². The zero-order valence-corrected chi connectivity index (χ0v) is 23.5. The van der Waals surface area contributed by atoms with Gasteiger partial charge < -0.3 is 30.1 Å². The molecule has 214 valence electrons. The van der Waals surface area contributed by atoms with E-state index in [-0.39, 0.29) is 29.3 Å². The number of nitrogens with zero attached hydrogens (tertiary/aromatic N) is 4. The van der Waals surface area contributed by atoms with Gasteiger partial charge in [-0.15, -0.1) is 0 Å². The number of aromatic nitrogens is 1. The lowest BCUT2D eigenvalue weighted by atomic mass is 9.86. The predicted molar refractivity (Wildman–Crippen MR) is 156 cm³/mol. The molecule has 9 nitrogen and oxygen atoms in total. The molecule has 1 fully saturated rings. The summed E-state index contributed by atoms with van der Waals surface area (Å²) in [6.45, 7) is 8.06. The van der Waals surface area contributed by atoms with Crippen LogP contribution in [-0.2, 0) is 16.0 Å². The van der Waals surface area contributed by atoms with Gasteiger partial charge in [0.25, 0.3) is 0 Å². The van der Waals surface area contributed by atoms with Crippen LogP contribution < -0.4 is 5.23 Å². The predicted octanol–water partition coefficient (Wildman–Crippen LogP) is 4.84. The van der Waals surface area contributed by atoms with Crippen LogP contribution in [0.4, 0.5) is 5.69 Å². The molecule has 0 aliphatic carbocycles. The van der Waals surface area contributed by atoms with Gasteiger partial charge in [0.1, 0.15) is 6.04 Å². The van der Waals surface area contributed by atoms with Gasteiger partial charge in [0.15, 0.2) is 0 Å². The topological polar surface area (TPSA) is 106 Å². The maximum absolute atomic E-state index is 14.0. The van der Waals surface area contributed by atoms with Crippen LogP contribution >= 0.6 is 0 Å². The van der Waals surface area contributed by atoms with Crippen LogP contribution in [0.15, 0.2) is 48.5 Å². The molecule has 1 unspecified atom stereocenters. The number of para-hydroxylation sites is 1. The highest BCUT2D eigenvalue weighted by molar-refractivity contribution is 5.97. The number of carbonyl (C=O) groups excluding carboxylic acids is 2. The Kier molecular flexibility index (Phi) is 8.73. The Balaban J connectivity index is 1.42. The monoisotopic (exact) mass is 546 g/mol. The van der Waals surface area contributed by atoms with Gasteiger partial charge in [0.2, 0.25) is 11.8 Å². The van der Waals surface area contributed by atoms with E-state index in [0.717, 1.165) is 73.9 Å². The Morgan fingerprint density at radius 2 is 1.73 bits per heavy atom. The molecule has 40 heavy (non-hydrogen) atoms. The molecule has 1 aromatic heterocycles. The van der Waals surface area contributed by atoms with Gasteiger partial charge in [0, 0.05) is 29.6 Å². The summed E-state index contributed by atoms with van der Waals surface area (Å²) in [4.78, 5) is 37.1. The average Bonchev–Trinajstić information content (AvgIpc) is 3.34. The fourth-order valence-electron chi connectivity index (χ4n) is 6.26. The number of rotatable bonds is 12. The molecule has 2 atom stereocenters. The zero-order valence-electron chi connectivity index (χ0n) is 23.5. The number of amides is 2. The maximum Gasteiger partial charge on any atom is 0.246 e. The summed E-state index contributed by atoms with van der Waals surface area (Å²) < 4.78 is 0. The summed E-state index contributed by atoms with van der Waals surface area (Å²) in [5, 5.41) is 22.1. The van der Waals surface area contributed by atoms with Gasteiger partial charge in [0.05, 0.1) is 18.3 Å². The zero-order chi connectivity index (χ0) is 28.2. The van der Waals surface area contributed by atoms with Gasteiger partial charge in [-0.3, -0.25) is 14.8 Å². The van der Waals surface area contributed by atoms with Crippen LogP contribution in [0.25, 0.3) is 10.9 Å². The first-order chi connectivity index (χ1) is 19.4. The number of benzene rings is 2. The van der Waals surface area contributed by atoms with Gasteiger partial charge in [-0.25, -0.2) is 0 Å². The average molecular weight is 547 g/mol. The first kappa shape index (κ1) is 28.1. The Morgan fingerprint density at radius 3 is 2.45 bits per heavy atom. The van der Waals surface area contributed by atoms with Crippen molar-refractivity contribution in [1.29, 1.82) is 0 Å². The lowest BCUT2D eigenvalue weighted by Crippen LogP contribution is -2.63. The van der Waals surface area contributed by atoms with Crippen molar-refractivity contribution >= 4 is 28.4 Å². The van der Waals surface area contributed by atoms with Gasteiger partial charge in [-0.2, -0.15) is 0 Å². The van der Waals surface area contributed by atoms with Crippen molar-refractivity contribution in [3.8, 4) is 0 Å². The molecule has 5 rings (SSSR count). The summed E-state index contributed by atoms with van der Waals surface area (Å²) in [5.41, 5.74) is 3.55. The molecule has 9 heteroatoms. The standard InChI is InChI=1S/C31H40N5O4/c1-3-5-15-33(16-6-4-2)17-10-18-34-21-28(37)35-27(31(34)38)20-25-24-13-7-8-14-26(24)32-29(25)30(35)22-11-9-12-23(19-22)36(39)40/h7-9,11-14,19,27,30,32,39H,3-6,10,15-18,20-21H2,1-2H3/q-1/t27-,30?/m0/s1. The van der Waals surface area contributed by atoms with E-state index in [2.05, 4.69) is 23.7 Å². The number of H-pyrrole nitrogens is 1. The molecule has 2 aliphatic rings. The van der Waals surface area contributed by atoms with E-state index in [4.69, 9.17) is 0 Å². The second-order valence-corrected chi connectivity index (χ2v) is 11.0. The van der Waals surface area contributed by atoms with Crippen LogP contribution in [0.3, 0.4) is 0 Å². The number of aromatic amines is 1. The number of hydrogen-bond acceptors (Lipinski definition) is 6. The molecule has 3 heterocycles. The lowest BCUT2D eigenvalue weighted by molar-refractivity contribution is -0.158. The summed E-state index contributed by atoms with van der Waals surface area (Å²) in [6.07, 6.45) is 5.91. The second-order valence-electron chi connectivity index (χ2n) is 11.0. The molecule has 2 aliphatic heterocycles. The van der Waals surface area contributed by atoms with Gasteiger partial charge >= 0.3 is 0 Å². The molecular weight excluding hydrogens is 506 g/mol. The van der Waals surface area contributed by atoms with E-state index in [1.807, 2.05) is 30.3 Å². The van der Waals surface area contributed by atoms with Crippen molar-refractivity contribution in [2.24, 2.45) is 0 Å². The Morgan fingerprint density at radius 1 is 1.00 bits per heavy atom. The molecule has 1 saturated heterocycles. The van der Waals surface area contributed by atoms with E-state index in [9.17, 15) is 20.0 Å². The first-order valence-corrected chi connectivity index (χ1v) is 14.6. The third-order valence-electron chi connectivity index (χ3n) is 8.31. The molecule has 0 bridgehead atoms. The Labute approximate surface area is 235 Å². The van der Waals surface area contributed by atoms with Crippen LogP contribution in [-0.4, -0.2) is 75.5 Å². The lowest BCUT2D eigenvalue weighted by Gasteiger charge is -2.47. The van der Waals surface area contributed by atoms with E-state index in [1.165, 1.54) is 6.07 Å². The largest absolute Gasteiger partial charge is 0.733 e. The number of unbranched alkanes of at least 4 members (excludes halogenated alkanes) is 2. The number of fused-ring (bicyclic) bond motifs is 4. The highest BCUT2D eigenvalue weighted by Crippen LogP contribution is 2.43. The van der Waals surface area contributed by atoms with Crippen LogP contribution in [0.5, 0.6) is 0 Å². The summed E-state index contributed by atoms with van der Waals surface area (Å²) in [5.74, 6) is -0.140. The third kappa shape index (κ3) is 5.59. The second kappa shape index (κ2) is 12.4. The van der Waals surface area contributed by atoms with Crippen LogP contribution in [0.1, 0.15) is 68.8 Å². The van der Waals surface area contributed by atoms with Crippen molar-refractivity contribution < 1.29 is 14.8 Å². The number of nitrogens with one attached hydrogen (secondary N) is 1. The summed E-state index contributed by atoms with van der Waals surface area (Å²) >= 11 is 0. The number of anilines is 1. The Hall–Kier alpha value is -3.40. The van der Waals surface area contributed by atoms with E-state index in [1.54, 1.807) is 21.9 Å². The minimum atomic E-state index is -0.629. The number of piperazine rings is 1. The van der Waals surface area contributed by atoms with Crippen molar-refractivity contribution in [1.82, 2.24) is 19.7 Å². The molecule has 0 radical (unpaired) electrons. The molecule has 0 spiro atoms. The number of carbonyl (C=O) groups is 2. The van der Waals surface area contributed by atoms with Crippen molar-refractivity contribution in [2.45, 2.75) is 64.5 Å². The normalized spacial score (nSPS) is 18.9. The first-order valence-electron chi connectivity index (χ1n) is 14.6. The third-order valence-corrected chi connectivity index (χ3v) is 8.31. The molecule has 3 aromatic rings. The highest BCUT2D eigenvalue weighted by atomic mass is 16.8. The van der Waals surface area contributed by atoms with E-state index < -0.39 is 12.1 Å². The quantitative estimate of drug-likeness (QED) is 0.315. The fraction of sp³-hybridized carbons (Fsp3) is 0.484. The summed E-state index contributed by atoms with van der Waals surface area (Å²) in [6, 6.07) is 13.4. The minimum absolute atomic E-state index is 0.0297. The maximum atomic E-state index is 14.0. The SMILES string of the molecule is CCCCN(CCCC)CCCN1CC(=O)N2C(c3cccc(N([O-])O)c3)c3[nH]c4ccccc4c3C[C@H]2C1=O. The molecule has 2 aromatic carbocycles. The summed E-state index contributed by atoms with van der Waals surface area (Å²) in [7, 11) is 0. The smallest absolute Gasteiger partial charge is 0.246 e. The van der Waals surface area contributed by atoms with Crippen LogP contribution in [0, 0.1) is 5.21 Å². The van der Waals surface area contributed by atoms with Crippen molar-refractivity contribution in [3.63, 3.8) is 0 Å². The van der Waals surface area contributed by atoms with Gasteiger partial charge in [-0.1, -0.05) is 57.0 Å². The fourth-order valence-corrected chi connectivity index (χ4v) is 6.26. The van der Waals surface area contributed by atoms with Crippen molar-refractivity contribution in [2.75, 3.05) is 38.0 Å². The number of hydrogen-bond donors (Lipinski definition) is 2. The van der Waals surface area contributed by atoms with Crippen molar-refractivity contribution in [3.05, 3.63) is 70.6 Å².